The zero-order valence-corrected chi connectivity index (χ0v) is 8.02. The van der Waals surface area contributed by atoms with Gasteiger partial charge < -0.3 is 4.98 Å². The van der Waals surface area contributed by atoms with Crippen molar-refractivity contribution in [2.45, 2.75) is 30.7 Å². The largest absolute Gasteiger partial charge is 0.340 e. The number of hydrogen-bond acceptors (Lipinski definition) is 3. The van der Waals surface area contributed by atoms with E-state index in [0.717, 1.165) is 5.16 Å². The third-order valence-electron chi connectivity index (χ3n) is 1.36. The zero-order chi connectivity index (χ0) is 8.97. The van der Waals surface area contributed by atoms with E-state index in [4.69, 9.17) is 0 Å². The number of carbonyl (C=O) groups is 1. The van der Waals surface area contributed by atoms with Crippen LogP contribution in [0.5, 0.6) is 0 Å². The maximum Gasteiger partial charge on any atom is 0.165 e. The lowest BCUT2D eigenvalue weighted by atomic mass is 10.2. The van der Waals surface area contributed by atoms with Crippen molar-refractivity contribution in [3.8, 4) is 0 Å². The van der Waals surface area contributed by atoms with Gasteiger partial charge in [0.25, 0.3) is 0 Å². The normalized spacial score (nSPS) is 12.8. The summed E-state index contributed by atoms with van der Waals surface area (Å²) >= 11 is 1.59. The molecule has 0 amide bonds. The minimum absolute atomic E-state index is 0.224. The van der Waals surface area contributed by atoms with Gasteiger partial charge in [0, 0.05) is 24.1 Å². The smallest absolute Gasteiger partial charge is 0.165 e. The standard InChI is InChI=1S/C8H12N2OS/c1-6(11)5-7(2)12-8-9-3-4-10-8/h3-4,7H,5H2,1-2H3,(H,9,10). The lowest BCUT2D eigenvalue weighted by Gasteiger charge is -2.05. The predicted molar refractivity (Wildman–Crippen MR) is 49.2 cm³/mol. The molecule has 4 heteroatoms. The van der Waals surface area contributed by atoms with E-state index in [2.05, 4.69) is 9.97 Å². The highest BCUT2D eigenvalue weighted by Gasteiger charge is 2.07. The van der Waals surface area contributed by atoms with Gasteiger partial charge in [-0.25, -0.2) is 4.98 Å². The number of Topliss-reactive ketones (excluding diaryl/α,β-unsaturated/α-hetero) is 1. The van der Waals surface area contributed by atoms with Gasteiger partial charge in [-0.3, -0.25) is 4.79 Å². The molecule has 3 nitrogen and oxygen atoms in total. The Morgan fingerprint density at radius 3 is 3.08 bits per heavy atom. The van der Waals surface area contributed by atoms with E-state index >= 15 is 0 Å². The number of imidazole rings is 1. The number of aromatic amines is 1. The Balaban J connectivity index is 2.36. The highest BCUT2D eigenvalue weighted by Crippen LogP contribution is 2.20. The molecule has 1 rings (SSSR count). The van der Waals surface area contributed by atoms with Crippen molar-refractivity contribution in [2.75, 3.05) is 0 Å². The SMILES string of the molecule is CC(=O)CC(C)Sc1ncc[nH]1. The Hall–Kier alpha value is -0.770. The molecular formula is C8H12N2OS. The monoisotopic (exact) mass is 184 g/mol. The average Bonchev–Trinajstić information content (AvgIpc) is 2.37. The highest BCUT2D eigenvalue weighted by atomic mass is 32.2. The van der Waals surface area contributed by atoms with Crippen LogP contribution in [0.25, 0.3) is 0 Å². The van der Waals surface area contributed by atoms with Gasteiger partial charge >= 0.3 is 0 Å². The van der Waals surface area contributed by atoms with Crippen molar-refractivity contribution in [1.29, 1.82) is 0 Å². The molecule has 0 bridgehead atoms. The molecule has 0 fully saturated rings. The molecule has 1 unspecified atom stereocenters. The van der Waals surface area contributed by atoms with Gasteiger partial charge in [-0.1, -0.05) is 18.7 Å². The number of nitrogens with one attached hydrogen (secondary N) is 1. The summed E-state index contributed by atoms with van der Waals surface area (Å²) in [7, 11) is 0. The van der Waals surface area contributed by atoms with Gasteiger partial charge in [0.15, 0.2) is 5.16 Å². The Labute approximate surface area is 76.0 Å². The fourth-order valence-electron chi connectivity index (χ4n) is 0.952. The first-order valence-corrected chi connectivity index (χ1v) is 4.72. The zero-order valence-electron chi connectivity index (χ0n) is 7.20. The molecule has 0 saturated heterocycles. The minimum Gasteiger partial charge on any atom is -0.340 e. The third-order valence-corrected chi connectivity index (χ3v) is 2.38. The van der Waals surface area contributed by atoms with Crippen LogP contribution in [0.15, 0.2) is 17.6 Å². The number of rotatable bonds is 4. The second-order valence-electron chi connectivity index (χ2n) is 2.73. The lowest BCUT2D eigenvalue weighted by Crippen LogP contribution is -2.03. The van der Waals surface area contributed by atoms with Gasteiger partial charge in [-0.05, 0) is 6.92 Å². The van der Waals surface area contributed by atoms with Gasteiger partial charge in [-0.15, -0.1) is 0 Å². The number of aromatic nitrogens is 2. The summed E-state index contributed by atoms with van der Waals surface area (Å²) in [5.41, 5.74) is 0. The predicted octanol–water partition coefficient (Wildman–Crippen LogP) is 1.87. The molecule has 0 aliphatic rings. The van der Waals surface area contributed by atoms with E-state index < -0.39 is 0 Å². The van der Waals surface area contributed by atoms with Gasteiger partial charge in [0.1, 0.15) is 5.78 Å². The van der Waals surface area contributed by atoms with Crippen molar-refractivity contribution in [1.82, 2.24) is 9.97 Å². The molecule has 0 aliphatic carbocycles. The molecule has 0 saturated carbocycles. The topological polar surface area (TPSA) is 45.8 Å². The van der Waals surface area contributed by atoms with Crippen LogP contribution in [0.2, 0.25) is 0 Å². The van der Waals surface area contributed by atoms with E-state index in [0.29, 0.717) is 11.7 Å². The molecule has 0 aliphatic heterocycles. The van der Waals surface area contributed by atoms with Crippen LogP contribution >= 0.6 is 11.8 Å². The van der Waals surface area contributed by atoms with Gasteiger partial charge in [0.05, 0.1) is 0 Å². The summed E-state index contributed by atoms with van der Waals surface area (Å²) in [6, 6.07) is 0. The summed E-state index contributed by atoms with van der Waals surface area (Å²) in [5.74, 6) is 0.224. The van der Waals surface area contributed by atoms with Crippen molar-refractivity contribution < 1.29 is 4.79 Å². The van der Waals surface area contributed by atoms with Crippen molar-refractivity contribution in [3.05, 3.63) is 12.4 Å². The van der Waals surface area contributed by atoms with E-state index in [-0.39, 0.29) is 5.78 Å². The Morgan fingerprint density at radius 2 is 2.58 bits per heavy atom. The second kappa shape index (κ2) is 4.30. The number of thioether (sulfide) groups is 1. The number of hydrogen-bond donors (Lipinski definition) is 1. The van der Waals surface area contributed by atoms with Crippen molar-refractivity contribution >= 4 is 17.5 Å². The van der Waals surface area contributed by atoms with Crippen LogP contribution in [-0.4, -0.2) is 21.0 Å². The number of ketones is 1. The first-order chi connectivity index (χ1) is 5.68. The number of H-pyrrole nitrogens is 1. The molecular weight excluding hydrogens is 172 g/mol. The van der Waals surface area contributed by atoms with Crippen LogP contribution in [0.1, 0.15) is 20.3 Å². The van der Waals surface area contributed by atoms with Crippen LogP contribution in [0.4, 0.5) is 0 Å². The second-order valence-corrected chi connectivity index (χ2v) is 4.16. The number of carbonyl (C=O) groups excluding carboxylic acids is 1. The fourth-order valence-corrected chi connectivity index (χ4v) is 1.91. The summed E-state index contributed by atoms with van der Waals surface area (Å²) in [6.07, 6.45) is 4.09. The van der Waals surface area contributed by atoms with E-state index in [9.17, 15) is 4.79 Å². The summed E-state index contributed by atoms with van der Waals surface area (Å²) in [4.78, 5) is 17.8. The van der Waals surface area contributed by atoms with E-state index in [1.165, 1.54) is 0 Å². The van der Waals surface area contributed by atoms with E-state index in [1.807, 2.05) is 6.92 Å². The fraction of sp³-hybridized carbons (Fsp3) is 0.500. The molecule has 1 heterocycles. The molecule has 0 radical (unpaired) electrons. The first-order valence-electron chi connectivity index (χ1n) is 3.84. The van der Waals surface area contributed by atoms with Gasteiger partial charge in [0.2, 0.25) is 0 Å². The summed E-state index contributed by atoms with van der Waals surface area (Å²) < 4.78 is 0. The molecule has 0 spiro atoms. The molecule has 12 heavy (non-hydrogen) atoms. The maximum atomic E-state index is 10.7. The number of nitrogens with zero attached hydrogens (tertiary/aromatic N) is 1. The lowest BCUT2D eigenvalue weighted by molar-refractivity contribution is -0.116. The summed E-state index contributed by atoms with van der Waals surface area (Å²) in [5, 5.41) is 1.18. The molecule has 1 aromatic rings. The average molecular weight is 184 g/mol. The van der Waals surface area contributed by atoms with Crippen molar-refractivity contribution in [3.63, 3.8) is 0 Å². The quantitative estimate of drug-likeness (QED) is 0.726. The van der Waals surface area contributed by atoms with E-state index in [1.54, 1.807) is 31.1 Å². The molecule has 0 aromatic carbocycles. The molecule has 66 valence electrons. The van der Waals surface area contributed by atoms with Crippen LogP contribution in [0, 0.1) is 0 Å². The minimum atomic E-state index is 0.224. The maximum absolute atomic E-state index is 10.7. The van der Waals surface area contributed by atoms with Crippen LogP contribution in [-0.2, 0) is 4.79 Å². The van der Waals surface area contributed by atoms with Crippen LogP contribution < -0.4 is 0 Å². The molecule has 1 N–H and O–H groups in total. The van der Waals surface area contributed by atoms with Crippen LogP contribution in [0.3, 0.4) is 0 Å². The van der Waals surface area contributed by atoms with Crippen molar-refractivity contribution in [2.24, 2.45) is 0 Å². The Morgan fingerprint density at radius 1 is 1.83 bits per heavy atom. The third kappa shape index (κ3) is 3.09. The Bertz CT molecular complexity index is 246. The highest BCUT2D eigenvalue weighted by molar-refractivity contribution is 7.99. The van der Waals surface area contributed by atoms with Gasteiger partial charge in [-0.2, -0.15) is 0 Å². The summed E-state index contributed by atoms with van der Waals surface area (Å²) in [6.45, 7) is 3.63. The molecule has 1 atom stereocenters. The first kappa shape index (κ1) is 9.32. The molecule has 1 aromatic heterocycles. The Kier molecular flexibility index (Phi) is 3.34.